The smallest absolute Gasteiger partial charge is 0.244 e. The van der Waals surface area contributed by atoms with Crippen LogP contribution in [-0.2, 0) is 4.79 Å². The Labute approximate surface area is 116 Å². The van der Waals surface area contributed by atoms with E-state index in [4.69, 9.17) is 34.8 Å². The summed E-state index contributed by atoms with van der Waals surface area (Å²) in [7, 11) is 3.37. The molecule has 0 radical (unpaired) electrons. The topological polar surface area (TPSA) is 32.3 Å². The number of nitrogens with zero attached hydrogens (tertiary/aromatic N) is 1. The van der Waals surface area contributed by atoms with E-state index in [2.05, 4.69) is 5.32 Å². The fraction of sp³-hybridized carbons (Fsp3) is 0.364. The predicted octanol–water partition coefficient (Wildman–Crippen LogP) is 3.54. The number of benzene rings is 1. The number of anilines is 1. The normalized spacial score (nSPS) is 12.1. The number of carbonyl (C=O) groups is 1. The van der Waals surface area contributed by atoms with E-state index in [0.29, 0.717) is 20.8 Å². The molecule has 1 atom stereocenters. The number of halogens is 3. The first kappa shape index (κ1) is 14.4. The van der Waals surface area contributed by atoms with E-state index >= 15 is 0 Å². The third kappa shape index (κ3) is 3.66. The standard InChI is InChI=1S/C11H13Cl3N2O/c1-6(11(17)16(2)3)15-10-8(13)4-7(12)5-9(10)14/h4-6,15H,1-3H3. The van der Waals surface area contributed by atoms with E-state index in [9.17, 15) is 4.79 Å². The lowest BCUT2D eigenvalue weighted by Gasteiger charge is -2.20. The Morgan fingerprint density at radius 2 is 1.71 bits per heavy atom. The lowest BCUT2D eigenvalue weighted by Crippen LogP contribution is -2.36. The maximum Gasteiger partial charge on any atom is 0.244 e. The van der Waals surface area contributed by atoms with Crippen LogP contribution >= 0.6 is 34.8 Å². The number of carbonyl (C=O) groups excluding carboxylic acids is 1. The minimum absolute atomic E-state index is 0.0629. The van der Waals surface area contributed by atoms with E-state index in [1.165, 1.54) is 4.90 Å². The van der Waals surface area contributed by atoms with Crippen LogP contribution < -0.4 is 5.32 Å². The number of hydrogen-bond donors (Lipinski definition) is 1. The Kier molecular flexibility index (Phi) is 4.92. The highest BCUT2D eigenvalue weighted by molar-refractivity contribution is 6.41. The van der Waals surface area contributed by atoms with Gasteiger partial charge in [0.1, 0.15) is 6.04 Å². The molecule has 0 spiro atoms. The molecule has 1 unspecified atom stereocenters. The average Bonchev–Trinajstić information content (AvgIpc) is 2.21. The van der Waals surface area contributed by atoms with Gasteiger partial charge in [-0.3, -0.25) is 4.79 Å². The Balaban J connectivity index is 2.92. The maximum absolute atomic E-state index is 11.7. The molecule has 0 aliphatic rings. The summed E-state index contributed by atoms with van der Waals surface area (Å²) in [6.45, 7) is 1.74. The SMILES string of the molecule is CC(Nc1c(Cl)cc(Cl)cc1Cl)C(=O)N(C)C. The van der Waals surface area contributed by atoms with Gasteiger partial charge >= 0.3 is 0 Å². The van der Waals surface area contributed by atoms with Crippen molar-refractivity contribution in [3.8, 4) is 0 Å². The summed E-state index contributed by atoms with van der Waals surface area (Å²) in [4.78, 5) is 13.2. The highest BCUT2D eigenvalue weighted by atomic mass is 35.5. The van der Waals surface area contributed by atoms with E-state index in [1.54, 1.807) is 33.2 Å². The summed E-state index contributed by atoms with van der Waals surface area (Å²) in [5.41, 5.74) is 0.514. The minimum Gasteiger partial charge on any atom is -0.371 e. The van der Waals surface area contributed by atoms with Gasteiger partial charge in [0.2, 0.25) is 5.91 Å². The molecule has 0 fully saturated rings. The molecular weight excluding hydrogens is 282 g/mol. The monoisotopic (exact) mass is 294 g/mol. The zero-order chi connectivity index (χ0) is 13.2. The van der Waals surface area contributed by atoms with Gasteiger partial charge in [0, 0.05) is 19.1 Å². The van der Waals surface area contributed by atoms with Crippen LogP contribution in [0.3, 0.4) is 0 Å². The molecule has 3 nitrogen and oxygen atoms in total. The molecule has 0 aliphatic carbocycles. The molecule has 1 aromatic carbocycles. The molecule has 1 N–H and O–H groups in total. The molecular formula is C11H13Cl3N2O. The molecule has 94 valence electrons. The lowest BCUT2D eigenvalue weighted by molar-refractivity contribution is -0.129. The summed E-state index contributed by atoms with van der Waals surface area (Å²) in [5.74, 6) is -0.0629. The van der Waals surface area contributed by atoms with Gasteiger partial charge in [-0.15, -0.1) is 0 Å². The number of likely N-dealkylation sites (N-methyl/N-ethyl adjacent to an activating group) is 1. The van der Waals surface area contributed by atoms with Crippen LogP contribution in [0.5, 0.6) is 0 Å². The number of rotatable bonds is 3. The molecule has 0 saturated heterocycles. The van der Waals surface area contributed by atoms with E-state index in [0.717, 1.165) is 0 Å². The first-order chi connectivity index (χ1) is 7.82. The second-order valence-corrected chi connectivity index (χ2v) is 5.09. The second kappa shape index (κ2) is 5.80. The fourth-order valence-corrected chi connectivity index (χ4v) is 2.27. The van der Waals surface area contributed by atoms with Crippen molar-refractivity contribution in [2.75, 3.05) is 19.4 Å². The van der Waals surface area contributed by atoms with Crippen LogP contribution in [0.4, 0.5) is 5.69 Å². The molecule has 0 saturated carbocycles. The van der Waals surface area contributed by atoms with Gasteiger partial charge in [0.25, 0.3) is 0 Å². The zero-order valence-electron chi connectivity index (χ0n) is 9.72. The van der Waals surface area contributed by atoms with Gasteiger partial charge < -0.3 is 10.2 Å². The number of amides is 1. The summed E-state index contributed by atoms with van der Waals surface area (Å²) in [5, 5.41) is 4.21. The van der Waals surface area contributed by atoms with Crippen LogP contribution in [0.15, 0.2) is 12.1 Å². The Morgan fingerprint density at radius 3 is 2.12 bits per heavy atom. The van der Waals surface area contributed by atoms with Gasteiger partial charge in [0.15, 0.2) is 0 Å². The maximum atomic E-state index is 11.7. The Hall–Kier alpha value is -0.640. The second-order valence-electron chi connectivity index (χ2n) is 3.84. The third-order valence-corrected chi connectivity index (χ3v) is 2.99. The first-order valence-electron chi connectivity index (χ1n) is 4.95. The van der Waals surface area contributed by atoms with E-state index < -0.39 is 6.04 Å². The third-order valence-electron chi connectivity index (χ3n) is 2.18. The fourth-order valence-electron chi connectivity index (χ4n) is 1.35. The van der Waals surface area contributed by atoms with Crippen LogP contribution in [0, 0.1) is 0 Å². The summed E-state index contributed by atoms with van der Waals surface area (Å²) >= 11 is 17.8. The van der Waals surface area contributed by atoms with Gasteiger partial charge in [0.05, 0.1) is 15.7 Å². The van der Waals surface area contributed by atoms with E-state index in [-0.39, 0.29) is 5.91 Å². The Bertz CT molecular complexity index is 412. The van der Waals surface area contributed by atoms with Crippen molar-refractivity contribution in [3.05, 3.63) is 27.2 Å². The molecule has 17 heavy (non-hydrogen) atoms. The molecule has 1 aromatic rings. The summed E-state index contributed by atoms with van der Waals surface area (Å²) < 4.78 is 0. The predicted molar refractivity (Wildman–Crippen MR) is 73.3 cm³/mol. The molecule has 0 aliphatic heterocycles. The molecule has 1 rings (SSSR count). The highest BCUT2D eigenvalue weighted by Gasteiger charge is 2.17. The quantitative estimate of drug-likeness (QED) is 0.925. The summed E-state index contributed by atoms with van der Waals surface area (Å²) in [6.07, 6.45) is 0. The minimum atomic E-state index is -0.416. The largest absolute Gasteiger partial charge is 0.371 e. The van der Waals surface area contributed by atoms with Gasteiger partial charge in [-0.2, -0.15) is 0 Å². The molecule has 6 heteroatoms. The van der Waals surface area contributed by atoms with Crippen molar-refractivity contribution < 1.29 is 4.79 Å². The lowest BCUT2D eigenvalue weighted by atomic mass is 10.2. The van der Waals surface area contributed by atoms with Gasteiger partial charge in [-0.1, -0.05) is 34.8 Å². The van der Waals surface area contributed by atoms with Crippen molar-refractivity contribution >= 4 is 46.4 Å². The van der Waals surface area contributed by atoms with Gasteiger partial charge in [-0.05, 0) is 19.1 Å². The van der Waals surface area contributed by atoms with Crippen molar-refractivity contribution in [1.29, 1.82) is 0 Å². The van der Waals surface area contributed by atoms with Gasteiger partial charge in [-0.25, -0.2) is 0 Å². The average molecular weight is 296 g/mol. The molecule has 0 aromatic heterocycles. The zero-order valence-corrected chi connectivity index (χ0v) is 12.0. The van der Waals surface area contributed by atoms with Crippen LogP contribution in [0.1, 0.15) is 6.92 Å². The van der Waals surface area contributed by atoms with Crippen LogP contribution in [-0.4, -0.2) is 30.9 Å². The van der Waals surface area contributed by atoms with Crippen LogP contribution in [0.2, 0.25) is 15.1 Å². The number of nitrogens with one attached hydrogen (secondary N) is 1. The van der Waals surface area contributed by atoms with Crippen molar-refractivity contribution in [2.45, 2.75) is 13.0 Å². The van der Waals surface area contributed by atoms with Crippen LogP contribution in [0.25, 0.3) is 0 Å². The van der Waals surface area contributed by atoms with Crippen molar-refractivity contribution in [1.82, 2.24) is 4.90 Å². The molecule has 0 bridgehead atoms. The molecule has 1 amide bonds. The number of hydrogen-bond acceptors (Lipinski definition) is 2. The van der Waals surface area contributed by atoms with Crippen molar-refractivity contribution in [3.63, 3.8) is 0 Å². The summed E-state index contributed by atoms with van der Waals surface area (Å²) in [6, 6.07) is 2.73. The molecule has 0 heterocycles. The first-order valence-corrected chi connectivity index (χ1v) is 6.08. The highest BCUT2D eigenvalue weighted by Crippen LogP contribution is 2.34. The van der Waals surface area contributed by atoms with Crippen molar-refractivity contribution in [2.24, 2.45) is 0 Å². The Morgan fingerprint density at radius 1 is 1.24 bits per heavy atom. The van der Waals surface area contributed by atoms with E-state index in [1.807, 2.05) is 0 Å².